The number of aromatic nitrogens is 1. The number of benzene rings is 2. The minimum atomic E-state index is 0.284. The van der Waals surface area contributed by atoms with Gasteiger partial charge in [0.1, 0.15) is 12.4 Å². The van der Waals surface area contributed by atoms with Crippen LogP contribution in [0, 0.1) is 18.3 Å². The van der Waals surface area contributed by atoms with Crippen molar-refractivity contribution in [3.63, 3.8) is 0 Å². The standard InChI is InChI=1S/C23H23N3O2/c1-16-11-23(26-10-9-20(14-26)27-2)21-8-7-19(12-22(21)25-16)28-15-18-6-4-3-5-17(18)13-24/h3-8,11-12,20H,9-10,14-15H2,1-2H3. The number of hydrogen-bond acceptors (Lipinski definition) is 5. The van der Waals surface area contributed by atoms with Crippen molar-refractivity contribution >= 4 is 16.6 Å². The Morgan fingerprint density at radius 2 is 2.07 bits per heavy atom. The quantitative estimate of drug-likeness (QED) is 0.670. The monoisotopic (exact) mass is 373 g/mol. The summed E-state index contributed by atoms with van der Waals surface area (Å²) < 4.78 is 11.5. The van der Waals surface area contributed by atoms with E-state index in [0.717, 1.165) is 47.4 Å². The van der Waals surface area contributed by atoms with E-state index in [9.17, 15) is 5.26 Å². The van der Waals surface area contributed by atoms with E-state index in [2.05, 4.69) is 23.1 Å². The number of anilines is 1. The van der Waals surface area contributed by atoms with Crippen LogP contribution in [0.5, 0.6) is 5.75 Å². The molecule has 0 aliphatic carbocycles. The average Bonchev–Trinajstić information content (AvgIpc) is 3.20. The summed E-state index contributed by atoms with van der Waals surface area (Å²) in [5, 5.41) is 10.3. The van der Waals surface area contributed by atoms with Crippen LogP contribution in [0.1, 0.15) is 23.2 Å². The minimum Gasteiger partial charge on any atom is -0.489 e. The van der Waals surface area contributed by atoms with E-state index in [1.54, 1.807) is 13.2 Å². The van der Waals surface area contributed by atoms with Crippen molar-refractivity contribution in [3.8, 4) is 11.8 Å². The second-order valence-corrected chi connectivity index (χ2v) is 7.11. The van der Waals surface area contributed by atoms with Crippen molar-refractivity contribution in [3.05, 3.63) is 65.4 Å². The molecule has 5 heteroatoms. The summed E-state index contributed by atoms with van der Waals surface area (Å²) in [6, 6.07) is 17.9. The van der Waals surface area contributed by atoms with Crippen LogP contribution in [0.15, 0.2) is 48.5 Å². The largest absolute Gasteiger partial charge is 0.489 e. The molecule has 142 valence electrons. The molecule has 1 aliphatic heterocycles. The summed E-state index contributed by atoms with van der Waals surface area (Å²) in [6.07, 6.45) is 1.32. The maximum absolute atomic E-state index is 9.23. The van der Waals surface area contributed by atoms with E-state index in [4.69, 9.17) is 14.5 Å². The summed E-state index contributed by atoms with van der Waals surface area (Å²) in [7, 11) is 1.78. The second kappa shape index (κ2) is 7.87. The van der Waals surface area contributed by atoms with Gasteiger partial charge in [0, 0.05) is 48.6 Å². The molecule has 0 bridgehead atoms. The third-order valence-corrected chi connectivity index (χ3v) is 5.24. The van der Waals surface area contributed by atoms with Gasteiger partial charge in [-0.1, -0.05) is 18.2 Å². The maximum atomic E-state index is 9.23. The summed E-state index contributed by atoms with van der Waals surface area (Å²) in [5.74, 6) is 0.750. The molecule has 0 spiro atoms. The van der Waals surface area contributed by atoms with Gasteiger partial charge in [-0.3, -0.25) is 4.98 Å². The Morgan fingerprint density at radius 3 is 2.86 bits per heavy atom. The van der Waals surface area contributed by atoms with E-state index < -0.39 is 0 Å². The fourth-order valence-electron chi connectivity index (χ4n) is 3.73. The van der Waals surface area contributed by atoms with E-state index in [1.165, 1.54) is 5.69 Å². The smallest absolute Gasteiger partial charge is 0.122 e. The van der Waals surface area contributed by atoms with E-state index >= 15 is 0 Å². The number of nitrogens with zero attached hydrogens (tertiary/aromatic N) is 3. The van der Waals surface area contributed by atoms with Crippen molar-refractivity contribution in [2.45, 2.75) is 26.1 Å². The lowest BCUT2D eigenvalue weighted by molar-refractivity contribution is 0.121. The lowest BCUT2D eigenvalue weighted by Crippen LogP contribution is -2.22. The molecule has 1 atom stereocenters. The van der Waals surface area contributed by atoms with Crippen LogP contribution < -0.4 is 9.64 Å². The fraction of sp³-hybridized carbons (Fsp3) is 0.304. The van der Waals surface area contributed by atoms with Gasteiger partial charge >= 0.3 is 0 Å². The van der Waals surface area contributed by atoms with Gasteiger partial charge in [0.15, 0.2) is 0 Å². The third-order valence-electron chi connectivity index (χ3n) is 5.24. The lowest BCUT2D eigenvalue weighted by atomic mass is 10.1. The molecule has 2 heterocycles. The molecular weight excluding hydrogens is 350 g/mol. The van der Waals surface area contributed by atoms with Crippen molar-refractivity contribution in [2.24, 2.45) is 0 Å². The highest BCUT2D eigenvalue weighted by atomic mass is 16.5. The van der Waals surface area contributed by atoms with Crippen LogP contribution in [0.4, 0.5) is 5.69 Å². The van der Waals surface area contributed by atoms with E-state index in [-0.39, 0.29) is 6.10 Å². The molecule has 1 fully saturated rings. The van der Waals surface area contributed by atoms with Gasteiger partial charge in [0.05, 0.1) is 23.3 Å². The minimum absolute atomic E-state index is 0.284. The number of hydrogen-bond donors (Lipinski definition) is 0. The SMILES string of the molecule is COC1CCN(c2cc(C)nc3cc(OCc4ccccc4C#N)ccc23)C1. The molecule has 4 rings (SSSR count). The first kappa shape index (κ1) is 18.3. The van der Waals surface area contributed by atoms with Crippen molar-refractivity contribution in [1.82, 2.24) is 4.98 Å². The highest BCUT2D eigenvalue weighted by molar-refractivity contribution is 5.93. The first-order valence-electron chi connectivity index (χ1n) is 9.48. The number of ether oxygens (including phenoxy) is 2. The molecule has 1 aromatic heterocycles. The molecule has 1 unspecified atom stereocenters. The molecule has 0 N–H and O–H groups in total. The molecule has 0 saturated carbocycles. The lowest BCUT2D eigenvalue weighted by Gasteiger charge is -2.21. The normalized spacial score (nSPS) is 16.3. The Morgan fingerprint density at radius 1 is 1.21 bits per heavy atom. The summed E-state index contributed by atoms with van der Waals surface area (Å²) >= 11 is 0. The first-order valence-corrected chi connectivity index (χ1v) is 9.48. The zero-order valence-corrected chi connectivity index (χ0v) is 16.2. The molecule has 3 aromatic rings. The Balaban J connectivity index is 1.60. The van der Waals surface area contributed by atoms with E-state index in [1.807, 2.05) is 37.3 Å². The zero-order chi connectivity index (χ0) is 19.5. The molecule has 1 aliphatic rings. The predicted molar refractivity (Wildman–Crippen MR) is 110 cm³/mol. The fourth-order valence-corrected chi connectivity index (χ4v) is 3.73. The highest BCUT2D eigenvalue weighted by Gasteiger charge is 2.24. The van der Waals surface area contributed by atoms with Crippen molar-refractivity contribution in [2.75, 3.05) is 25.1 Å². The molecule has 28 heavy (non-hydrogen) atoms. The molecular formula is C23H23N3O2. The van der Waals surface area contributed by atoms with Crippen LogP contribution in [0.2, 0.25) is 0 Å². The van der Waals surface area contributed by atoms with Gasteiger partial charge < -0.3 is 14.4 Å². The van der Waals surface area contributed by atoms with Gasteiger partial charge in [-0.15, -0.1) is 0 Å². The van der Waals surface area contributed by atoms with Crippen molar-refractivity contribution < 1.29 is 9.47 Å². The Labute approximate surface area is 165 Å². The molecule has 2 aromatic carbocycles. The Kier molecular flexibility index (Phi) is 5.14. The van der Waals surface area contributed by atoms with Crippen LogP contribution in [-0.2, 0) is 11.3 Å². The maximum Gasteiger partial charge on any atom is 0.122 e. The number of nitriles is 1. The average molecular weight is 373 g/mol. The highest BCUT2D eigenvalue weighted by Crippen LogP contribution is 2.32. The van der Waals surface area contributed by atoms with Gasteiger partial charge in [-0.05, 0) is 37.6 Å². The number of pyridine rings is 1. The van der Waals surface area contributed by atoms with Crippen LogP contribution >= 0.6 is 0 Å². The number of methoxy groups -OCH3 is 1. The molecule has 0 amide bonds. The molecule has 0 radical (unpaired) electrons. The predicted octanol–water partition coefficient (Wildman–Crippen LogP) is 4.22. The first-order chi connectivity index (χ1) is 13.7. The van der Waals surface area contributed by atoms with Gasteiger partial charge in [0.2, 0.25) is 0 Å². The van der Waals surface area contributed by atoms with E-state index in [0.29, 0.717) is 12.2 Å². The van der Waals surface area contributed by atoms with Crippen molar-refractivity contribution in [1.29, 1.82) is 5.26 Å². The number of fused-ring (bicyclic) bond motifs is 1. The Hall–Kier alpha value is -3.10. The molecule has 5 nitrogen and oxygen atoms in total. The van der Waals surface area contributed by atoms with Gasteiger partial charge in [-0.25, -0.2) is 0 Å². The zero-order valence-electron chi connectivity index (χ0n) is 16.2. The van der Waals surface area contributed by atoms with Crippen LogP contribution in [-0.4, -0.2) is 31.3 Å². The third kappa shape index (κ3) is 3.64. The second-order valence-electron chi connectivity index (χ2n) is 7.11. The summed E-state index contributed by atoms with van der Waals surface area (Å²) in [4.78, 5) is 7.08. The Bertz CT molecular complexity index is 1040. The van der Waals surface area contributed by atoms with Crippen LogP contribution in [0.3, 0.4) is 0 Å². The summed E-state index contributed by atoms with van der Waals surface area (Å²) in [5.41, 5.74) is 4.62. The van der Waals surface area contributed by atoms with Gasteiger partial charge in [-0.2, -0.15) is 5.26 Å². The topological polar surface area (TPSA) is 58.4 Å². The number of aryl methyl sites for hydroxylation is 1. The number of rotatable bonds is 5. The van der Waals surface area contributed by atoms with Gasteiger partial charge in [0.25, 0.3) is 0 Å². The van der Waals surface area contributed by atoms with Crippen LogP contribution in [0.25, 0.3) is 10.9 Å². The molecule has 1 saturated heterocycles. The summed E-state index contributed by atoms with van der Waals surface area (Å²) in [6.45, 7) is 4.26.